The summed E-state index contributed by atoms with van der Waals surface area (Å²) in [7, 11) is 0. The van der Waals surface area contributed by atoms with Crippen molar-refractivity contribution in [3.63, 3.8) is 0 Å². The van der Waals surface area contributed by atoms with Gasteiger partial charge in [-0.2, -0.15) is 0 Å². The van der Waals surface area contributed by atoms with E-state index in [-0.39, 0.29) is 18.1 Å². The van der Waals surface area contributed by atoms with E-state index >= 15 is 0 Å². The fourth-order valence-electron chi connectivity index (χ4n) is 2.64. The smallest absolute Gasteiger partial charge is 0.251 e. The first-order valence-electron chi connectivity index (χ1n) is 7.99. The maximum absolute atomic E-state index is 12.4. The van der Waals surface area contributed by atoms with Crippen molar-refractivity contribution in [2.24, 2.45) is 0 Å². The summed E-state index contributed by atoms with van der Waals surface area (Å²) in [5, 5.41) is 3.94. The van der Waals surface area contributed by atoms with E-state index in [1.54, 1.807) is 0 Å². The summed E-state index contributed by atoms with van der Waals surface area (Å²) in [6.07, 6.45) is 1.09. The van der Waals surface area contributed by atoms with Crippen LogP contribution in [0.2, 0.25) is 0 Å². The van der Waals surface area contributed by atoms with Gasteiger partial charge >= 0.3 is 0 Å². The van der Waals surface area contributed by atoms with Crippen LogP contribution >= 0.6 is 0 Å². The van der Waals surface area contributed by atoms with Gasteiger partial charge in [-0.25, -0.2) is 0 Å². The summed E-state index contributed by atoms with van der Waals surface area (Å²) in [5.74, 6) is -0.0914. The number of hydrogen-bond donors (Lipinski definition) is 1. The van der Waals surface area contributed by atoms with Crippen LogP contribution < -0.4 is 5.32 Å². The summed E-state index contributed by atoms with van der Waals surface area (Å²) in [5.41, 5.74) is 2.51. The molecule has 2 heterocycles. The van der Waals surface area contributed by atoms with E-state index < -0.39 is 0 Å². The first kappa shape index (κ1) is 15.9. The van der Waals surface area contributed by atoms with Crippen LogP contribution in [0.1, 0.15) is 29.4 Å². The van der Waals surface area contributed by atoms with Gasteiger partial charge in [-0.1, -0.05) is 6.07 Å². The van der Waals surface area contributed by atoms with Crippen LogP contribution in [0.15, 0.2) is 30.3 Å². The molecule has 1 fully saturated rings. The number of rotatable bonds is 5. The maximum atomic E-state index is 12.4. The van der Waals surface area contributed by atoms with Crippen molar-refractivity contribution in [1.82, 2.24) is 10.3 Å². The predicted molar refractivity (Wildman–Crippen MR) is 88.6 cm³/mol. The van der Waals surface area contributed by atoms with Gasteiger partial charge in [-0.3, -0.25) is 9.78 Å². The van der Waals surface area contributed by atoms with E-state index in [1.165, 1.54) is 0 Å². The minimum absolute atomic E-state index is 0.0464. The van der Waals surface area contributed by atoms with Crippen LogP contribution in [0.25, 0.3) is 10.9 Å². The Labute approximate surface area is 136 Å². The molecule has 1 aromatic carbocycles. The Bertz CT molecular complexity index is 696. The van der Waals surface area contributed by atoms with Crippen molar-refractivity contribution in [3.05, 3.63) is 41.6 Å². The SMILES string of the molecule is Cc1ccc2cc(C(=O)N[C@@H](C)CO[C@H]3CCOC3)ccc2n1. The quantitative estimate of drug-likeness (QED) is 0.921. The van der Waals surface area contributed by atoms with E-state index in [4.69, 9.17) is 9.47 Å². The second kappa shape index (κ2) is 7.06. The predicted octanol–water partition coefficient (Wildman–Crippen LogP) is 2.47. The fourth-order valence-corrected chi connectivity index (χ4v) is 2.64. The molecule has 5 nitrogen and oxygen atoms in total. The second-order valence-electron chi connectivity index (χ2n) is 6.05. The number of aryl methyl sites for hydroxylation is 1. The van der Waals surface area contributed by atoms with Gasteiger partial charge in [0.25, 0.3) is 5.91 Å². The Balaban J connectivity index is 1.59. The lowest BCUT2D eigenvalue weighted by Crippen LogP contribution is -2.37. The Hall–Kier alpha value is -1.98. The first-order chi connectivity index (χ1) is 11.1. The molecule has 1 amide bonds. The van der Waals surface area contributed by atoms with Crippen LogP contribution in [0, 0.1) is 6.92 Å². The average Bonchev–Trinajstić information content (AvgIpc) is 3.05. The van der Waals surface area contributed by atoms with Crippen molar-refractivity contribution in [2.45, 2.75) is 32.4 Å². The van der Waals surface area contributed by atoms with Gasteiger partial charge in [-0.15, -0.1) is 0 Å². The van der Waals surface area contributed by atoms with E-state index in [9.17, 15) is 4.79 Å². The lowest BCUT2D eigenvalue weighted by atomic mass is 10.1. The third kappa shape index (κ3) is 4.06. The van der Waals surface area contributed by atoms with Crippen molar-refractivity contribution in [1.29, 1.82) is 0 Å². The molecule has 1 aliphatic rings. The molecule has 23 heavy (non-hydrogen) atoms. The molecule has 0 saturated carbocycles. The highest BCUT2D eigenvalue weighted by molar-refractivity contribution is 5.98. The number of ether oxygens (including phenoxy) is 2. The van der Waals surface area contributed by atoms with Crippen molar-refractivity contribution < 1.29 is 14.3 Å². The number of nitrogens with one attached hydrogen (secondary N) is 1. The van der Waals surface area contributed by atoms with Gasteiger partial charge in [0.1, 0.15) is 0 Å². The summed E-state index contributed by atoms with van der Waals surface area (Å²) >= 11 is 0. The number of aromatic nitrogens is 1. The van der Waals surface area contributed by atoms with Gasteiger partial charge in [0.15, 0.2) is 0 Å². The number of pyridine rings is 1. The third-order valence-electron chi connectivity index (χ3n) is 3.94. The minimum atomic E-state index is -0.0914. The average molecular weight is 314 g/mol. The standard InChI is InChI=1S/C18H22N2O3/c1-12-3-4-14-9-15(5-6-17(14)19-12)18(21)20-13(2)10-23-16-7-8-22-11-16/h3-6,9,13,16H,7-8,10-11H2,1-2H3,(H,20,21)/t13-,16-/m0/s1. The molecule has 0 unspecified atom stereocenters. The highest BCUT2D eigenvalue weighted by atomic mass is 16.5. The molecular weight excluding hydrogens is 292 g/mol. The van der Waals surface area contributed by atoms with Crippen LogP contribution in [0.5, 0.6) is 0 Å². The molecule has 2 aromatic rings. The molecule has 1 N–H and O–H groups in total. The Kier molecular flexibility index (Phi) is 4.88. The minimum Gasteiger partial charge on any atom is -0.379 e. The first-order valence-corrected chi connectivity index (χ1v) is 7.99. The molecule has 0 radical (unpaired) electrons. The molecule has 0 aliphatic carbocycles. The lowest BCUT2D eigenvalue weighted by molar-refractivity contribution is 0.0318. The number of carbonyl (C=O) groups is 1. The molecule has 2 atom stereocenters. The normalized spacial score (nSPS) is 19.0. The molecule has 0 spiro atoms. The Morgan fingerprint density at radius 1 is 1.43 bits per heavy atom. The molecular formula is C18H22N2O3. The van der Waals surface area contributed by atoms with E-state index in [2.05, 4.69) is 10.3 Å². The zero-order valence-corrected chi connectivity index (χ0v) is 13.5. The van der Waals surface area contributed by atoms with Crippen molar-refractivity contribution >= 4 is 16.8 Å². The summed E-state index contributed by atoms with van der Waals surface area (Å²) in [6, 6.07) is 9.45. The van der Waals surface area contributed by atoms with Crippen LogP contribution in [0.3, 0.4) is 0 Å². The van der Waals surface area contributed by atoms with Crippen LogP contribution in [-0.4, -0.2) is 42.9 Å². The topological polar surface area (TPSA) is 60.5 Å². The van der Waals surface area contributed by atoms with Crippen molar-refractivity contribution in [2.75, 3.05) is 19.8 Å². The number of amides is 1. The van der Waals surface area contributed by atoms with Gasteiger partial charge in [0.05, 0.1) is 24.8 Å². The monoisotopic (exact) mass is 314 g/mol. The second-order valence-corrected chi connectivity index (χ2v) is 6.05. The Morgan fingerprint density at radius 3 is 3.09 bits per heavy atom. The number of nitrogens with zero attached hydrogens (tertiary/aromatic N) is 1. The number of benzene rings is 1. The molecule has 0 bridgehead atoms. The number of hydrogen-bond acceptors (Lipinski definition) is 4. The van der Waals surface area contributed by atoms with E-state index in [0.717, 1.165) is 29.6 Å². The largest absolute Gasteiger partial charge is 0.379 e. The van der Waals surface area contributed by atoms with Gasteiger partial charge in [-0.05, 0) is 44.5 Å². The summed E-state index contributed by atoms with van der Waals surface area (Å²) < 4.78 is 11.0. The molecule has 122 valence electrons. The van der Waals surface area contributed by atoms with E-state index in [1.807, 2.05) is 44.2 Å². The lowest BCUT2D eigenvalue weighted by Gasteiger charge is -2.17. The fraction of sp³-hybridized carbons (Fsp3) is 0.444. The summed E-state index contributed by atoms with van der Waals surface area (Å²) in [6.45, 7) is 5.80. The highest BCUT2D eigenvalue weighted by Crippen LogP contribution is 2.15. The molecule has 5 heteroatoms. The molecule has 1 saturated heterocycles. The number of fused-ring (bicyclic) bond motifs is 1. The van der Waals surface area contributed by atoms with Gasteiger partial charge in [0, 0.05) is 29.3 Å². The van der Waals surface area contributed by atoms with Crippen molar-refractivity contribution in [3.8, 4) is 0 Å². The molecule has 1 aromatic heterocycles. The van der Waals surface area contributed by atoms with Gasteiger partial charge in [0.2, 0.25) is 0 Å². The maximum Gasteiger partial charge on any atom is 0.251 e. The number of carbonyl (C=O) groups excluding carboxylic acids is 1. The molecule has 3 rings (SSSR count). The van der Waals surface area contributed by atoms with Crippen LogP contribution in [0.4, 0.5) is 0 Å². The zero-order valence-electron chi connectivity index (χ0n) is 13.5. The zero-order chi connectivity index (χ0) is 16.2. The summed E-state index contributed by atoms with van der Waals surface area (Å²) in [4.78, 5) is 16.8. The Morgan fingerprint density at radius 2 is 2.30 bits per heavy atom. The third-order valence-corrected chi connectivity index (χ3v) is 3.94. The highest BCUT2D eigenvalue weighted by Gasteiger charge is 2.18. The van der Waals surface area contributed by atoms with E-state index in [0.29, 0.717) is 18.8 Å². The molecule has 1 aliphatic heterocycles. The van der Waals surface area contributed by atoms with Gasteiger partial charge < -0.3 is 14.8 Å². The van der Waals surface area contributed by atoms with Crippen LogP contribution in [-0.2, 0) is 9.47 Å².